The maximum atomic E-state index is 8.97. The van der Waals surface area contributed by atoms with Gasteiger partial charge in [0.1, 0.15) is 0 Å². The molecule has 0 saturated heterocycles. The molecule has 0 aromatic rings. The lowest BCUT2D eigenvalue weighted by Crippen LogP contribution is -2.19. The van der Waals surface area contributed by atoms with E-state index >= 15 is 0 Å². The average molecular weight is 173 g/mol. The lowest BCUT2D eigenvalue weighted by molar-refractivity contribution is 0.181. The summed E-state index contributed by atoms with van der Waals surface area (Å²) in [7, 11) is 0. The molecule has 0 amide bonds. The third-order valence-electron chi connectivity index (χ3n) is 1.87. The summed E-state index contributed by atoms with van der Waals surface area (Å²) in [5, 5.41) is 12.3. The summed E-state index contributed by atoms with van der Waals surface area (Å²) in [5.74, 6) is 0.786. The summed E-state index contributed by atoms with van der Waals surface area (Å²) >= 11 is 0. The molecular weight excluding hydrogens is 150 g/mol. The van der Waals surface area contributed by atoms with Gasteiger partial charge >= 0.3 is 0 Å². The Morgan fingerprint density at radius 3 is 2.25 bits per heavy atom. The minimum atomic E-state index is -0.142. The van der Waals surface area contributed by atoms with Crippen LogP contribution < -0.4 is 5.32 Å². The smallest absolute Gasteiger partial charge is 0.0512 e. The Kier molecular flexibility index (Phi) is 7.51. The first-order valence-corrected chi connectivity index (χ1v) is 5.01. The van der Waals surface area contributed by atoms with Gasteiger partial charge in [-0.25, -0.2) is 0 Å². The van der Waals surface area contributed by atoms with Crippen LogP contribution in [0.25, 0.3) is 0 Å². The second kappa shape index (κ2) is 7.56. The quantitative estimate of drug-likeness (QED) is 0.575. The van der Waals surface area contributed by atoms with Gasteiger partial charge in [0, 0.05) is 0 Å². The maximum absolute atomic E-state index is 8.97. The summed E-state index contributed by atoms with van der Waals surface area (Å²) in [6, 6.07) is 0. The van der Waals surface area contributed by atoms with Crippen molar-refractivity contribution in [3.05, 3.63) is 0 Å². The zero-order valence-electron chi connectivity index (χ0n) is 8.64. The van der Waals surface area contributed by atoms with E-state index in [2.05, 4.69) is 19.2 Å². The number of aliphatic hydroxyl groups is 1. The van der Waals surface area contributed by atoms with Gasteiger partial charge in [0.15, 0.2) is 0 Å². The molecule has 2 N–H and O–H groups in total. The molecule has 0 spiro atoms. The summed E-state index contributed by atoms with van der Waals surface area (Å²) < 4.78 is 0. The Morgan fingerprint density at radius 2 is 1.75 bits per heavy atom. The lowest BCUT2D eigenvalue weighted by Gasteiger charge is -2.07. The fraction of sp³-hybridized carbons (Fsp3) is 1.00. The summed E-state index contributed by atoms with van der Waals surface area (Å²) in [6.45, 7) is 8.46. The van der Waals surface area contributed by atoms with E-state index in [1.165, 1.54) is 6.42 Å². The van der Waals surface area contributed by atoms with Crippen LogP contribution in [0, 0.1) is 5.92 Å². The van der Waals surface area contributed by atoms with Crippen LogP contribution in [0.2, 0.25) is 0 Å². The summed E-state index contributed by atoms with van der Waals surface area (Å²) in [6.07, 6.45) is 3.09. The molecule has 0 saturated carbocycles. The zero-order valence-corrected chi connectivity index (χ0v) is 8.64. The summed E-state index contributed by atoms with van der Waals surface area (Å²) in [5.41, 5.74) is 0. The van der Waals surface area contributed by atoms with Crippen LogP contribution in [-0.2, 0) is 0 Å². The molecule has 1 atom stereocenters. The predicted octanol–water partition coefficient (Wildman–Crippen LogP) is 1.78. The third-order valence-corrected chi connectivity index (χ3v) is 1.87. The van der Waals surface area contributed by atoms with Crippen LogP contribution in [0.4, 0.5) is 0 Å². The molecule has 0 aromatic carbocycles. The average Bonchev–Trinajstić information content (AvgIpc) is 1.95. The van der Waals surface area contributed by atoms with E-state index in [9.17, 15) is 0 Å². The predicted molar refractivity (Wildman–Crippen MR) is 53.2 cm³/mol. The monoisotopic (exact) mass is 173 g/mol. The number of hydrogen-bond donors (Lipinski definition) is 2. The first kappa shape index (κ1) is 11.9. The van der Waals surface area contributed by atoms with Crippen molar-refractivity contribution in [2.24, 2.45) is 5.92 Å². The minimum absolute atomic E-state index is 0.142. The molecule has 0 bridgehead atoms. The van der Waals surface area contributed by atoms with Crippen LogP contribution in [0.3, 0.4) is 0 Å². The molecule has 74 valence electrons. The molecule has 2 heteroatoms. The Balaban J connectivity index is 2.91. The second-order valence-corrected chi connectivity index (χ2v) is 3.92. The molecule has 0 aliphatic rings. The summed E-state index contributed by atoms with van der Waals surface area (Å²) in [4.78, 5) is 0. The van der Waals surface area contributed by atoms with Gasteiger partial charge < -0.3 is 10.4 Å². The Morgan fingerprint density at radius 1 is 1.08 bits per heavy atom. The molecule has 0 radical (unpaired) electrons. The Bertz CT molecular complexity index is 79.8. The van der Waals surface area contributed by atoms with E-state index in [1.807, 2.05) is 6.92 Å². The molecular formula is C10H23NO. The zero-order chi connectivity index (χ0) is 9.40. The highest BCUT2D eigenvalue weighted by molar-refractivity contribution is 4.53. The van der Waals surface area contributed by atoms with Gasteiger partial charge in [0.05, 0.1) is 6.10 Å². The standard InChI is InChI=1S/C10H23NO/c1-9(2)6-8-11-7-4-5-10(3)12/h9-12H,4-8H2,1-3H3. The normalized spacial score (nSPS) is 13.8. The van der Waals surface area contributed by atoms with Crippen molar-refractivity contribution < 1.29 is 5.11 Å². The molecule has 0 aromatic heterocycles. The van der Waals surface area contributed by atoms with Crippen LogP contribution in [0.5, 0.6) is 0 Å². The van der Waals surface area contributed by atoms with E-state index < -0.39 is 0 Å². The maximum Gasteiger partial charge on any atom is 0.0512 e. The van der Waals surface area contributed by atoms with Gasteiger partial charge in [-0.2, -0.15) is 0 Å². The Labute approximate surface area is 76.4 Å². The van der Waals surface area contributed by atoms with E-state index in [1.54, 1.807) is 0 Å². The largest absolute Gasteiger partial charge is 0.393 e. The highest BCUT2D eigenvalue weighted by atomic mass is 16.3. The number of hydrogen-bond acceptors (Lipinski definition) is 2. The van der Waals surface area contributed by atoms with Crippen LogP contribution in [-0.4, -0.2) is 24.3 Å². The van der Waals surface area contributed by atoms with E-state index in [4.69, 9.17) is 5.11 Å². The molecule has 0 aliphatic heterocycles. The highest BCUT2D eigenvalue weighted by Gasteiger charge is 1.95. The van der Waals surface area contributed by atoms with Gasteiger partial charge in [0.25, 0.3) is 0 Å². The van der Waals surface area contributed by atoms with Crippen molar-refractivity contribution in [3.63, 3.8) is 0 Å². The van der Waals surface area contributed by atoms with Crippen molar-refractivity contribution in [1.82, 2.24) is 5.32 Å². The molecule has 0 heterocycles. The fourth-order valence-corrected chi connectivity index (χ4v) is 1.04. The molecule has 0 aliphatic carbocycles. The first-order valence-electron chi connectivity index (χ1n) is 5.01. The number of aliphatic hydroxyl groups excluding tert-OH is 1. The van der Waals surface area contributed by atoms with Crippen molar-refractivity contribution in [2.45, 2.75) is 46.1 Å². The highest BCUT2D eigenvalue weighted by Crippen LogP contribution is 1.97. The van der Waals surface area contributed by atoms with Crippen LogP contribution in [0.15, 0.2) is 0 Å². The van der Waals surface area contributed by atoms with Gasteiger partial charge in [-0.1, -0.05) is 13.8 Å². The van der Waals surface area contributed by atoms with Crippen molar-refractivity contribution in [1.29, 1.82) is 0 Å². The SMILES string of the molecule is CC(C)CCNCCCC(C)O. The third kappa shape index (κ3) is 9.92. The van der Waals surface area contributed by atoms with E-state index in [-0.39, 0.29) is 6.10 Å². The molecule has 1 unspecified atom stereocenters. The molecule has 0 fully saturated rings. The number of rotatable bonds is 7. The first-order chi connectivity index (χ1) is 5.63. The molecule has 12 heavy (non-hydrogen) atoms. The second-order valence-electron chi connectivity index (χ2n) is 3.92. The van der Waals surface area contributed by atoms with Crippen molar-refractivity contribution in [3.8, 4) is 0 Å². The van der Waals surface area contributed by atoms with Crippen molar-refractivity contribution >= 4 is 0 Å². The van der Waals surface area contributed by atoms with Gasteiger partial charge in [-0.05, 0) is 45.2 Å². The van der Waals surface area contributed by atoms with Crippen molar-refractivity contribution in [2.75, 3.05) is 13.1 Å². The topological polar surface area (TPSA) is 32.3 Å². The van der Waals surface area contributed by atoms with E-state index in [0.29, 0.717) is 0 Å². The van der Waals surface area contributed by atoms with E-state index in [0.717, 1.165) is 31.8 Å². The van der Waals surface area contributed by atoms with Crippen LogP contribution >= 0.6 is 0 Å². The van der Waals surface area contributed by atoms with Gasteiger partial charge in [-0.15, -0.1) is 0 Å². The lowest BCUT2D eigenvalue weighted by atomic mass is 10.1. The van der Waals surface area contributed by atoms with Gasteiger partial charge in [-0.3, -0.25) is 0 Å². The van der Waals surface area contributed by atoms with Crippen LogP contribution in [0.1, 0.15) is 40.0 Å². The van der Waals surface area contributed by atoms with Gasteiger partial charge in [0.2, 0.25) is 0 Å². The number of nitrogens with one attached hydrogen (secondary N) is 1. The fourth-order valence-electron chi connectivity index (χ4n) is 1.04. The molecule has 0 rings (SSSR count). The molecule has 2 nitrogen and oxygen atoms in total. The Hall–Kier alpha value is -0.0800. The minimum Gasteiger partial charge on any atom is -0.393 e.